The van der Waals surface area contributed by atoms with Crippen molar-refractivity contribution in [2.75, 3.05) is 21.3 Å². The SMILES string of the molecule is COc1cc(C(=O)N[C@]2(C(F)(F)F)NC(=O)N([C@@H]3CCC[C@@H](C)[C@H]3C)C2=O)cc(OC)c1OC. The number of hydrogen-bond acceptors (Lipinski definition) is 6. The molecule has 12 heteroatoms. The van der Waals surface area contributed by atoms with Crippen molar-refractivity contribution >= 4 is 17.8 Å². The molecule has 0 bridgehead atoms. The second-order valence-electron chi connectivity index (χ2n) is 8.56. The molecule has 2 N–H and O–H groups in total. The molecule has 0 unspecified atom stereocenters. The zero-order valence-corrected chi connectivity index (χ0v) is 19.5. The first-order chi connectivity index (χ1) is 15.9. The van der Waals surface area contributed by atoms with Crippen LogP contribution in [0, 0.1) is 11.8 Å². The average Bonchev–Trinajstić information content (AvgIpc) is 3.04. The molecule has 3 rings (SSSR count). The first-order valence-corrected chi connectivity index (χ1v) is 10.8. The molecule has 0 radical (unpaired) electrons. The van der Waals surface area contributed by atoms with E-state index in [1.165, 1.54) is 21.3 Å². The van der Waals surface area contributed by atoms with E-state index in [0.717, 1.165) is 18.6 Å². The molecule has 1 aromatic carbocycles. The number of nitrogens with one attached hydrogen (secondary N) is 2. The van der Waals surface area contributed by atoms with Crippen LogP contribution in [0.25, 0.3) is 0 Å². The summed E-state index contributed by atoms with van der Waals surface area (Å²) in [6.45, 7) is 3.73. The van der Waals surface area contributed by atoms with Gasteiger partial charge in [0.15, 0.2) is 11.5 Å². The molecule has 2 fully saturated rings. The predicted molar refractivity (Wildman–Crippen MR) is 114 cm³/mol. The Balaban J connectivity index is 2.00. The van der Waals surface area contributed by atoms with E-state index in [-0.39, 0.29) is 34.6 Å². The van der Waals surface area contributed by atoms with E-state index in [1.807, 2.05) is 6.92 Å². The van der Waals surface area contributed by atoms with Gasteiger partial charge in [-0.3, -0.25) is 19.8 Å². The molecule has 188 valence electrons. The van der Waals surface area contributed by atoms with Gasteiger partial charge in [-0.1, -0.05) is 26.7 Å². The summed E-state index contributed by atoms with van der Waals surface area (Å²) in [5.41, 5.74) is -3.90. The third-order valence-electron chi connectivity index (χ3n) is 6.70. The smallest absolute Gasteiger partial charge is 0.440 e. The fraction of sp³-hybridized carbons (Fsp3) is 0.591. The summed E-state index contributed by atoms with van der Waals surface area (Å²) < 4.78 is 58.3. The summed E-state index contributed by atoms with van der Waals surface area (Å²) in [5.74, 6) is -2.71. The van der Waals surface area contributed by atoms with Crippen molar-refractivity contribution in [1.29, 1.82) is 0 Å². The highest BCUT2D eigenvalue weighted by molar-refractivity contribution is 6.10. The lowest BCUT2D eigenvalue weighted by Gasteiger charge is -2.38. The molecule has 0 spiro atoms. The van der Waals surface area contributed by atoms with Crippen molar-refractivity contribution in [2.45, 2.75) is 51.0 Å². The summed E-state index contributed by atoms with van der Waals surface area (Å²) >= 11 is 0. The van der Waals surface area contributed by atoms with Gasteiger partial charge in [-0.05, 0) is 30.4 Å². The lowest BCUT2D eigenvalue weighted by Crippen LogP contribution is -2.69. The molecule has 1 saturated heterocycles. The van der Waals surface area contributed by atoms with Gasteiger partial charge in [0, 0.05) is 11.6 Å². The van der Waals surface area contributed by atoms with Crippen molar-refractivity contribution in [3.63, 3.8) is 0 Å². The second-order valence-corrected chi connectivity index (χ2v) is 8.56. The van der Waals surface area contributed by atoms with Gasteiger partial charge in [0.25, 0.3) is 17.5 Å². The third kappa shape index (κ3) is 4.09. The number of hydrogen-bond donors (Lipinski definition) is 2. The molecule has 2 aliphatic rings. The number of alkyl halides is 3. The minimum absolute atomic E-state index is 0.0292. The van der Waals surface area contributed by atoms with Crippen LogP contribution in [-0.2, 0) is 4.79 Å². The first kappa shape index (κ1) is 25.4. The molecule has 9 nitrogen and oxygen atoms in total. The predicted octanol–water partition coefficient (Wildman–Crippen LogP) is 3.08. The van der Waals surface area contributed by atoms with Crippen molar-refractivity contribution in [2.24, 2.45) is 11.8 Å². The Morgan fingerprint density at radius 3 is 2.18 bits per heavy atom. The number of urea groups is 1. The van der Waals surface area contributed by atoms with E-state index >= 15 is 0 Å². The highest BCUT2D eigenvalue weighted by Gasteiger charge is 2.70. The molecule has 34 heavy (non-hydrogen) atoms. The summed E-state index contributed by atoms with van der Waals surface area (Å²) in [6.07, 6.45) is -3.40. The quantitative estimate of drug-likeness (QED) is 0.598. The Hall–Kier alpha value is -3.18. The van der Waals surface area contributed by atoms with Crippen molar-refractivity contribution in [3.05, 3.63) is 17.7 Å². The van der Waals surface area contributed by atoms with Crippen LogP contribution in [-0.4, -0.2) is 62.0 Å². The van der Waals surface area contributed by atoms with Gasteiger partial charge in [0.2, 0.25) is 5.75 Å². The van der Waals surface area contributed by atoms with E-state index in [2.05, 4.69) is 0 Å². The number of benzene rings is 1. The van der Waals surface area contributed by atoms with Gasteiger partial charge in [0.1, 0.15) is 0 Å². The van der Waals surface area contributed by atoms with Crippen LogP contribution in [0.3, 0.4) is 0 Å². The van der Waals surface area contributed by atoms with E-state index in [4.69, 9.17) is 14.2 Å². The second kappa shape index (κ2) is 9.22. The van der Waals surface area contributed by atoms with Gasteiger partial charge in [0.05, 0.1) is 21.3 Å². The Kier molecular flexibility index (Phi) is 6.90. The van der Waals surface area contributed by atoms with Gasteiger partial charge in [-0.15, -0.1) is 0 Å². The molecule has 1 aliphatic carbocycles. The van der Waals surface area contributed by atoms with Crippen LogP contribution in [0.2, 0.25) is 0 Å². The van der Waals surface area contributed by atoms with E-state index in [0.29, 0.717) is 17.7 Å². The minimum Gasteiger partial charge on any atom is -0.493 e. The van der Waals surface area contributed by atoms with Crippen LogP contribution in [0.5, 0.6) is 17.2 Å². The van der Waals surface area contributed by atoms with Crippen LogP contribution >= 0.6 is 0 Å². The Morgan fingerprint density at radius 1 is 1.09 bits per heavy atom. The number of carbonyl (C=O) groups excluding carboxylic acids is 3. The van der Waals surface area contributed by atoms with Gasteiger partial charge < -0.3 is 19.5 Å². The zero-order chi connectivity index (χ0) is 25.4. The Morgan fingerprint density at radius 2 is 1.68 bits per heavy atom. The standard InChI is InChI=1S/C22H28F3N3O6/c1-11-7-6-8-14(12(11)2)28-19(30)21(22(23,24)25,27-20(28)31)26-18(29)13-9-15(32-3)17(34-5)16(10-13)33-4/h9-12,14H,6-8H2,1-5H3,(H,26,29)(H,27,31)/t11-,12-,14-,21+/m1/s1. The monoisotopic (exact) mass is 487 g/mol. The summed E-state index contributed by atoms with van der Waals surface area (Å²) in [6, 6.07) is 0.382. The van der Waals surface area contributed by atoms with E-state index in [1.54, 1.807) is 17.6 Å². The maximum atomic E-state index is 14.3. The molecule has 4 atom stereocenters. The molecule has 1 aromatic rings. The van der Waals surface area contributed by atoms with Crippen LogP contribution in [0.1, 0.15) is 43.5 Å². The van der Waals surface area contributed by atoms with Crippen molar-refractivity contribution in [3.8, 4) is 17.2 Å². The van der Waals surface area contributed by atoms with Gasteiger partial charge >= 0.3 is 12.2 Å². The molecular weight excluding hydrogens is 459 g/mol. The number of halogens is 3. The number of rotatable bonds is 6. The molecular formula is C22H28F3N3O6. The summed E-state index contributed by atoms with van der Waals surface area (Å²) in [7, 11) is 3.88. The van der Waals surface area contributed by atoms with Crippen LogP contribution < -0.4 is 24.8 Å². The maximum absolute atomic E-state index is 14.3. The third-order valence-corrected chi connectivity index (χ3v) is 6.70. The van der Waals surface area contributed by atoms with Crippen molar-refractivity contribution < 1.29 is 41.8 Å². The van der Waals surface area contributed by atoms with Gasteiger partial charge in [-0.25, -0.2) is 4.79 Å². The number of ether oxygens (including phenoxy) is 3. The number of nitrogens with zero attached hydrogens (tertiary/aromatic N) is 1. The largest absolute Gasteiger partial charge is 0.493 e. The summed E-state index contributed by atoms with van der Waals surface area (Å²) in [4.78, 5) is 39.4. The Labute approximate surface area is 194 Å². The normalized spacial score (nSPS) is 27.3. The van der Waals surface area contributed by atoms with E-state index < -0.39 is 35.7 Å². The highest BCUT2D eigenvalue weighted by atomic mass is 19.4. The summed E-state index contributed by atoms with van der Waals surface area (Å²) in [5, 5.41) is 3.44. The molecule has 1 aliphatic heterocycles. The Bertz CT molecular complexity index is 960. The number of methoxy groups -OCH3 is 3. The highest BCUT2D eigenvalue weighted by Crippen LogP contribution is 2.41. The lowest BCUT2D eigenvalue weighted by molar-refractivity contribution is -0.201. The topological polar surface area (TPSA) is 106 Å². The van der Waals surface area contributed by atoms with Crippen molar-refractivity contribution in [1.82, 2.24) is 15.5 Å². The molecule has 1 saturated carbocycles. The molecule has 4 amide bonds. The average molecular weight is 487 g/mol. The first-order valence-electron chi connectivity index (χ1n) is 10.8. The minimum atomic E-state index is -5.31. The van der Waals surface area contributed by atoms with E-state index in [9.17, 15) is 27.6 Å². The molecule has 1 heterocycles. The zero-order valence-electron chi connectivity index (χ0n) is 19.5. The fourth-order valence-corrected chi connectivity index (χ4v) is 4.57. The lowest BCUT2D eigenvalue weighted by atomic mass is 9.77. The number of imide groups is 1. The maximum Gasteiger partial charge on any atom is 0.440 e. The number of carbonyl (C=O) groups is 3. The van der Waals surface area contributed by atoms with Crippen LogP contribution in [0.4, 0.5) is 18.0 Å². The number of amides is 4. The molecule has 0 aromatic heterocycles. The fourth-order valence-electron chi connectivity index (χ4n) is 4.57. The van der Waals surface area contributed by atoms with Gasteiger partial charge in [-0.2, -0.15) is 13.2 Å². The van der Waals surface area contributed by atoms with Crippen LogP contribution in [0.15, 0.2) is 12.1 Å².